The van der Waals surface area contributed by atoms with Crippen LogP contribution in [0.25, 0.3) is 0 Å². The zero-order valence-corrected chi connectivity index (χ0v) is 11.4. The van der Waals surface area contributed by atoms with E-state index in [1.807, 2.05) is 10.9 Å². The van der Waals surface area contributed by atoms with E-state index in [0.717, 1.165) is 19.6 Å². The average molecular weight is 236 g/mol. The van der Waals surface area contributed by atoms with E-state index in [2.05, 4.69) is 49.2 Å². The van der Waals surface area contributed by atoms with Crippen LogP contribution in [0.1, 0.15) is 40.2 Å². The maximum absolute atomic E-state index is 4.42. The van der Waals surface area contributed by atoms with Crippen LogP contribution in [0.3, 0.4) is 0 Å². The van der Waals surface area contributed by atoms with E-state index in [-0.39, 0.29) is 5.54 Å². The molecule has 1 fully saturated rings. The minimum Gasteiger partial charge on any atom is -0.367 e. The van der Waals surface area contributed by atoms with E-state index in [1.54, 1.807) is 0 Å². The Bertz CT molecular complexity index is 367. The number of hydrogen-bond acceptors (Lipinski definition) is 3. The smallest absolute Gasteiger partial charge is 0.0753 e. The lowest BCUT2D eigenvalue weighted by Crippen LogP contribution is -2.46. The lowest BCUT2D eigenvalue weighted by Gasteiger charge is -2.30. The molecule has 0 saturated carbocycles. The molecular formula is C13H24N4. The van der Waals surface area contributed by atoms with Gasteiger partial charge in [-0.3, -0.25) is 4.68 Å². The summed E-state index contributed by atoms with van der Waals surface area (Å²) in [5, 5.41) is 8.01. The number of nitrogens with zero attached hydrogens (tertiary/aromatic N) is 3. The molecule has 0 aliphatic carbocycles. The summed E-state index contributed by atoms with van der Waals surface area (Å²) < 4.78 is 2.03. The minimum absolute atomic E-state index is 0.177. The molecular weight excluding hydrogens is 212 g/mol. The molecule has 0 unspecified atom stereocenters. The minimum atomic E-state index is 0.177. The molecule has 1 saturated heterocycles. The van der Waals surface area contributed by atoms with Gasteiger partial charge in [0.2, 0.25) is 0 Å². The fraction of sp³-hybridized carbons (Fsp3) is 0.769. The van der Waals surface area contributed by atoms with Gasteiger partial charge in [0.05, 0.1) is 11.9 Å². The van der Waals surface area contributed by atoms with E-state index < -0.39 is 0 Å². The van der Waals surface area contributed by atoms with Gasteiger partial charge in [-0.1, -0.05) is 0 Å². The van der Waals surface area contributed by atoms with Crippen LogP contribution in [0.4, 0.5) is 5.69 Å². The molecule has 1 aliphatic heterocycles. The van der Waals surface area contributed by atoms with Crippen LogP contribution in [0.15, 0.2) is 12.4 Å². The summed E-state index contributed by atoms with van der Waals surface area (Å²) >= 11 is 0. The molecule has 1 aliphatic rings. The van der Waals surface area contributed by atoms with Crippen LogP contribution in [-0.2, 0) is 0 Å². The van der Waals surface area contributed by atoms with Gasteiger partial charge in [-0.2, -0.15) is 5.10 Å². The van der Waals surface area contributed by atoms with Crippen LogP contribution >= 0.6 is 0 Å². The fourth-order valence-electron chi connectivity index (χ4n) is 2.30. The third-order valence-corrected chi connectivity index (χ3v) is 3.28. The standard InChI is InChI=1S/C13H24N4/c1-11(2)17-9-12(8-15-17)16-7-5-6-14-13(3,4)10-16/h8-9,11,14H,5-7,10H2,1-4H3. The number of nitrogens with one attached hydrogen (secondary N) is 1. The third kappa shape index (κ3) is 3.00. The van der Waals surface area contributed by atoms with Gasteiger partial charge in [0.1, 0.15) is 0 Å². The lowest BCUT2D eigenvalue weighted by atomic mass is 10.1. The molecule has 96 valence electrons. The largest absolute Gasteiger partial charge is 0.367 e. The Labute approximate surface area is 104 Å². The first-order valence-electron chi connectivity index (χ1n) is 6.52. The van der Waals surface area contributed by atoms with Crippen molar-refractivity contribution in [2.24, 2.45) is 0 Å². The van der Waals surface area contributed by atoms with Gasteiger partial charge in [0.15, 0.2) is 0 Å². The first-order valence-corrected chi connectivity index (χ1v) is 6.52. The summed E-state index contributed by atoms with van der Waals surface area (Å²) in [6.07, 6.45) is 5.34. The first-order chi connectivity index (χ1) is 7.98. The van der Waals surface area contributed by atoms with Crippen molar-refractivity contribution in [3.05, 3.63) is 12.4 Å². The molecule has 0 atom stereocenters. The van der Waals surface area contributed by atoms with Crippen LogP contribution in [0, 0.1) is 0 Å². The fourth-order valence-corrected chi connectivity index (χ4v) is 2.30. The van der Waals surface area contributed by atoms with Gasteiger partial charge in [-0.25, -0.2) is 0 Å². The number of aromatic nitrogens is 2. The van der Waals surface area contributed by atoms with E-state index in [1.165, 1.54) is 12.1 Å². The van der Waals surface area contributed by atoms with Crippen molar-refractivity contribution in [3.8, 4) is 0 Å². The summed E-state index contributed by atoms with van der Waals surface area (Å²) in [6.45, 7) is 12.1. The molecule has 2 rings (SSSR count). The summed E-state index contributed by atoms with van der Waals surface area (Å²) in [5.74, 6) is 0. The van der Waals surface area contributed by atoms with Crippen molar-refractivity contribution in [3.63, 3.8) is 0 Å². The van der Waals surface area contributed by atoms with Crippen molar-refractivity contribution in [2.45, 2.75) is 45.7 Å². The van der Waals surface area contributed by atoms with Crippen molar-refractivity contribution < 1.29 is 0 Å². The normalized spacial score (nSPS) is 20.6. The Hall–Kier alpha value is -1.03. The third-order valence-electron chi connectivity index (χ3n) is 3.28. The molecule has 2 heterocycles. The first kappa shape index (κ1) is 12.4. The highest BCUT2D eigenvalue weighted by Crippen LogP contribution is 2.20. The number of rotatable bonds is 2. The van der Waals surface area contributed by atoms with Gasteiger partial charge in [0.25, 0.3) is 0 Å². The quantitative estimate of drug-likeness (QED) is 0.853. The molecule has 0 spiro atoms. The van der Waals surface area contributed by atoms with Crippen LogP contribution < -0.4 is 10.2 Å². The zero-order valence-electron chi connectivity index (χ0n) is 11.4. The Kier molecular flexibility index (Phi) is 3.43. The van der Waals surface area contributed by atoms with Gasteiger partial charge in [0, 0.05) is 30.9 Å². The summed E-state index contributed by atoms with van der Waals surface area (Å²) in [6, 6.07) is 0.432. The maximum Gasteiger partial charge on any atom is 0.0753 e. The molecule has 0 amide bonds. The number of hydrogen-bond donors (Lipinski definition) is 1. The Morgan fingerprint density at radius 1 is 1.41 bits per heavy atom. The van der Waals surface area contributed by atoms with E-state index in [9.17, 15) is 0 Å². The topological polar surface area (TPSA) is 33.1 Å². The molecule has 0 bridgehead atoms. The maximum atomic E-state index is 4.42. The van der Waals surface area contributed by atoms with Gasteiger partial charge in [-0.05, 0) is 40.7 Å². The Morgan fingerprint density at radius 3 is 2.82 bits per heavy atom. The molecule has 17 heavy (non-hydrogen) atoms. The second-order valence-electron chi connectivity index (χ2n) is 5.86. The molecule has 0 radical (unpaired) electrons. The van der Waals surface area contributed by atoms with Crippen molar-refractivity contribution in [2.75, 3.05) is 24.5 Å². The van der Waals surface area contributed by atoms with Crippen molar-refractivity contribution in [1.82, 2.24) is 15.1 Å². The van der Waals surface area contributed by atoms with Crippen molar-refractivity contribution >= 4 is 5.69 Å². The SMILES string of the molecule is CC(C)n1cc(N2CCCNC(C)(C)C2)cn1. The number of anilines is 1. The van der Waals surface area contributed by atoms with Crippen molar-refractivity contribution in [1.29, 1.82) is 0 Å². The zero-order chi connectivity index (χ0) is 12.5. The molecule has 0 aromatic carbocycles. The van der Waals surface area contributed by atoms with Crippen LogP contribution in [0.2, 0.25) is 0 Å². The second kappa shape index (κ2) is 4.69. The van der Waals surface area contributed by atoms with Crippen LogP contribution in [-0.4, -0.2) is 35.0 Å². The summed E-state index contributed by atoms with van der Waals surface area (Å²) in [4.78, 5) is 2.44. The highest BCUT2D eigenvalue weighted by atomic mass is 15.3. The highest BCUT2D eigenvalue weighted by molar-refractivity contribution is 5.43. The van der Waals surface area contributed by atoms with Gasteiger partial charge >= 0.3 is 0 Å². The molecule has 1 aromatic heterocycles. The van der Waals surface area contributed by atoms with Crippen LogP contribution in [0.5, 0.6) is 0 Å². The lowest BCUT2D eigenvalue weighted by molar-refractivity contribution is 0.416. The Morgan fingerprint density at radius 2 is 2.18 bits per heavy atom. The second-order valence-corrected chi connectivity index (χ2v) is 5.86. The van der Waals surface area contributed by atoms with Gasteiger partial charge < -0.3 is 10.2 Å². The highest BCUT2D eigenvalue weighted by Gasteiger charge is 2.24. The molecule has 1 N–H and O–H groups in total. The van der Waals surface area contributed by atoms with E-state index in [0.29, 0.717) is 6.04 Å². The molecule has 4 nitrogen and oxygen atoms in total. The average Bonchev–Trinajstić information content (AvgIpc) is 2.65. The predicted octanol–water partition coefficient (Wildman–Crippen LogP) is 2.04. The van der Waals surface area contributed by atoms with Gasteiger partial charge in [-0.15, -0.1) is 0 Å². The molecule has 1 aromatic rings. The summed E-state index contributed by atoms with van der Waals surface area (Å²) in [5.41, 5.74) is 1.42. The summed E-state index contributed by atoms with van der Waals surface area (Å²) in [7, 11) is 0. The molecule has 4 heteroatoms. The Balaban J connectivity index is 2.14. The van der Waals surface area contributed by atoms with E-state index >= 15 is 0 Å². The monoisotopic (exact) mass is 236 g/mol. The predicted molar refractivity (Wildman–Crippen MR) is 71.5 cm³/mol. The van der Waals surface area contributed by atoms with E-state index in [4.69, 9.17) is 0 Å².